The molecule has 0 radical (unpaired) electrons. The van der Waals surface area contributed by atoms with Crippen molar-refractivity contribution in [2.24, 2.45) is 11.1 Å². The molecule has 0 atom stereocenters. The molecule has 39 heavy (non-hydrogen) atoms. The van der Waals surface area contributed by atoms with Crippen LogP contribution in [0.5, 0.6) is 5.75 Å². The molecule has 0 aliphatic heterocycles. The first-order chi connectivity index (χ1) is 18.6. The summed E-state index contributed by atoms with van der Waals surface area (Å²) < 4.78 is 5.68. The lowest BCUT2D eigenvalue weighted by Crippen LogP contribution is -2.30. The Morgan fingerprint density at radius 2 is 1.79 bits per heavy atom. The average molecular weight is 560 g/mol. The monoisotopic (exact) mass is 559 g/mol. The number of hydrogen-bond acceptors (Lipinski definition) is 7. The van der Waals surface area contributed by atoms with E-state index in [9.17, 15) is 4.79 Å². The number of rotatable bonds is 14. The molecule has 2 aromatic carbocycles. The van der Waals surface area contributed by atoms with Gasteiger partial charge in [0.2, 0.25) is 0 Å². The Morgan fingerprint density at radius 3 is 2.28 bits per heavy atom. The van der Waals surface area contributed by atoms with Gasteiger partial charge in [-0.05, 0) is 69.4 Å². The van der Waals surface area contributed by atoms with Crippen molar-refractivity contribution in [2.45, 2.75) is 40.2 Å². The van der Waals surface area contributed by atoms with Crippen LogP contribution < -0.4 is 26.4 Å². The van der Waals surface area contributed by atoms with Gasteiger partial charge in [-0.3, -0.25) is 4.79 Å². The first-order valence-electron chi connectivity index (χ1n) is 13.2. The second kappa shape index (κ2) is 20.9. The van der Waals surface area contributed by atoms with Crippen molar-refractivity contribution in [3.63, 3.8) is 0 Å². The first kappa shape index (κ1) is 36.0. The molecule has 0 aliphatic carbocycles. The van der Waals surface area contributed by atoms with Gasteiger partial charge in [0.15, 0.2) is 0 Å². The van der Waals surface area contributed by atoms with E-state index < -0.39 is 0 Å². The Balaban J connectivity index is 0.00000109. The van der Waals surface area contributed by atoms with Crippen molar-refractivity contribution in [1.82, 2.24) is 15.5 Å². The van der Waals surface area contributed by atoms with Gasteiger partial charge >= 0.3 is 0 Å². The van der Waals surface area contributed by atoms with Crippen LogP contribution in [0.4, 0.5) is 5.69 Å². The highest BCUT2D eigenvalue weighted by atomic mass is 35.5. The summed E-state index contributed by atoms with van der Waals surface area (Å²) in [4.78, 5) is 13.8. The molecule has 8 heteroatoms. The maximum Gasteiger partial charge on any atom is 0.147 e. The van der Waals surface area contributed by atoms with E-state index >= 15 is 0 Å². The first-order valence-corrected chi connectivity index (χ1v) is 13.6. The van der Waals surface area contributed by atoms with Gasteiger partial charge in [-0.15, -0.1) is 0 Å². The Morgan fingerprint density at radius 1 is 1.15 bits per heavy atom. The van der Waals surface area contributed by atoms with Crippen molar-refractivity contribution in [2.75, 3.05) is 53.2 Å². The number of carbonyl (C=O) groups is 1. The molecule has 218 valence electrons. The van der Waals surface area contributed by atoms with Crippen LogP contribution in [0.3, 0.4) is 0 Å². The number of benzene rings is 2. The summed E-state index contributed by atoms with van der Waals surface area (Å²) in [6.07, 6.45) is 3.79. The molecular formula is C31H50ClN5O2. The zero-order valence-electron chi connectivity index (χ0n) is 24.9. The fourth-order valence-electron chi connectivity index (χ4n) is 3.70. The number of halogens is 1. The molecule has 0 fully saturated rings. The summed E-state index contributed by atoms with van der Waals surface area (Å²) in [7, 11) is 7.87. The lowest BCUT2D eigenvalue weighted by Gasteiger charge is -2.27. The van der Waals surface area contributed by atoms with Gasteiger partial charge < -0.3 is 31.3 Å². The third-order valence-corrected chi connectivity index (χ3v) is 5.85. The molecule has 5 N–H and O–H groups in total. The number of anilines is 1. The zero-order valence-corrected chi connectivity index (χ0v) is 25.7. The predicted molar refractivity (Wildman–Crippen MR) is 168 cm³/mol. The Labute approximate surface area is 241 Å². The van der Waals surface area contributed by atoms with Crippen LogP contribution in [0.1, 0.15) is 39.2 Å². The Kier molecular flexibility index (Phi) is 19.3. The standard InChI is InChI=1S/C22H36ClN3O2.C7H9N.C2H5N/c1-7-28-21-9-8-19(23)12-17(21)14-25-16-22(2,3)13-18(15-27)20(24-4)10-11-26(5)6;1-8-7-5-3-2-4-6-7;1-2-3/h8-9,12,15,24-25H,7,10-11,13-14,16H2,1-6H3;2-6,8H,1H3;2H,1,3H2/b20-18-;;. The number of allylic oxidation sites excluding steroid dienone is 1. The minimum absolute atomic E-state index is 0.0686. The third kappa shape index (κ3) is 16.5. The molecule has 2 rings (SSSR count). The second-order valence-electron chi connectivity index (χ2n) is 9.91. The van der Waals surface area contributed by atoms with E-state index in [0.29, 0.717) is 24.6 Å². The number of nitrogens with two attached hydrogens (primary N) is 1. The SMILES string of the molecule is C=CN.CCOc1ccc(Cl)cc1CNCC(C)(C)C/C(C=O)=C(\CCN(C)C)NC.CNc1ccccc1. The van der Waals surface area contributed by atoms with Crippen molar-refractivity contribution in [3.8, 4) is 5.75 Å². The number of nitrogens with one attached hydrogen (secondary N) is 3. The van der Waals surface area contributed by atoms with Gasteiger partial charge in [0, 0.05) is 67.7 Å². The van der Waals surface area contributed by atoms with E-state index in [4.69, 9.17) is 16.3 Å². The molecule has 7 nitrogen and oxygen atoms in total. The van der Waals surface area contributed by atoms with E-state index in [-0.39, 0.29) is 5.41 Å². The van der Waals surface area contributed by atoms with Gasteiger partial charge in [-0.25, -0.2) is 0 Å². The third-order valence-electron chi connectivity index (χ3n) is 5.61. The topological polar surface area (TPSA) is 91.6 Å². The largest absolute Gasteiger partial charge is 0.494 e. The fraction of sp³-hybridized carbons (Fsp3) is 0.452. The number of aldehydes is 1. The number of carbonyl (C=O) groups excluding carboxylic acids is 1. The predicted octanol–water partition coefficient (Wildman–Crippen LogP) is 5.69. The molecule has 0 saturated heterocycles. The van der Waals surface area contributed by atoms with Crippen LogP contribution in [-0.2, 0) is 11.3 Å². The Bertz CT molecular complexity index is 978. The molecule has 0 bridgehead atoms. The van der Waals surface area contributed by atoms with E-state index in [1.54, 1.807) is 0 Å². The van der Waals surface area contributed by atoms with Crippen molar-refractivity contribution < 1.29 is 9.53 Å². The summed E-state index contributed by atoms with van der Waals surface area (Å²) >= 11 is 6.14. The highest BCUT2D eigenvalue weighted by Gasteiger charge is 2.21. The van der Waals surface area contributed by atoms with Crippen LogP contribution in [0.25, 0.3) is 0 Å². The van der Waals surface area contributed by atoms with E-state index in [0.717, 1.165) is 54.1 Å². The molecule has 0 aliphatic rings. The van der Waals surface area contributed by atoms with Crippen LogP contribution in [-0.4, -0.2) is 59.1 Å². The maximum atomic E-state index is 11.7. The van der Waals surface area contributed by atoms with E-state index in [2.05, 4.69) is 47.0 Å². The zero-order chi connectivity index (χ0) is 29.7. The highest BCUT2D eigenvalue weighted by molar-refractivity contribution is 6.30. The molecule has 0 aromatic heterocycles. The van der Waals surface area contributed by atoms with Crippen LogP contribution >= 0.6 is 11.6 Å². The molecule has 0 amide bonds. The Hall–Kier alpha value is -3.00. The van der Waals surface area contributed by atoms with Crippen LogP contribution in [0, 0.1) is 5.41 Å². The normalized spacial score (nSPS) is 11.2. The van der Waals surface area contributed by atoms with Crippen molar-refractivity contribution in [1.29, 1.82) is 0 Å². The van der Waals surface area contributed by atoms with Crippen LogP contribution in [0.15, 0.2) is 72.6 Å². The van der Waals surface area contributed by atoms with E-state index in [1.165, 1.54) is 6.20 Å². The lowest BCUT2D eigenvalue weighted by atomic mass is 9.84. The summed E-state index contributed by atoms with van der Waals surface area (Å²) in [5, 5.41) is 10.4. The van der Waals surface area contributed by atoms with Gasteiger partial charge in [0.1, 0.15) is 12.0 Å². The number of para-hydroxylation sites is 1. The summed E-state index contributed by atoms with van der Waals surface area (Å²) in [6, 6.07) is 15.8. The summed E-state index contributed by atoms with van der Waals surface area (Å²) in [6.45, 7) is 12.4. The summed E-state index contributed by atoms with van der Waals surface area (Å²) in [5.74, 6) is 0.854. The molecule has 2 aromatic rings. The highest BCUT2D eigenvalue weighted by Crippen LogP contribution is 2.27. The molecule has 0 spiro atoms. The summed E-state index contributed by atoms with van der Waals surface area (Å²) in [5.41, 5.74) is 8.60. The quantitative estimate of drug-likeness (QED) is 0.175. The van der Waals surface area contributed by atoms with Gasteiger partial charge in [0.05, 0.1) is 6.61 Å². The van der Waals surface area contributed by atoms with Crippen molar-refractivity contribution >= 4 is 23.6 Å². The van der Waals surface area contributed by atoms with Crippen LogP contribution in [0.2, 0.25) is 5.02 Å². The maximum absolute atomic E-state index is 11.7. The smallest absolute Gasteiger partial charge is 0.147 e. The van der Waals surface area contributed by atoms with E-state index in [1.807, 2.05) is 83.6 Å². The van der Waals surface area contributed by atoms with Gasteiger partial charge in [-0.1, -0.05) is 50.2 Å². The molecule has 0 heterocycles. The second-order valence-corrected chi connectivity index (χ2v) is 10.3. The van der Waals surface area contributed by atoms with Gasteiger partial charge in [-0.2, -0.15) is 0 Å². The molecular weight excluding hydrogens is 510 g/mol. The lowest BCUT2D eigenvalue weighted by molar-refractivity contribution is -0.105. The molecule has 0 saturated carbocycles. The minimum atomic E-state index is -0.0686. The number of nitrogens with zero attached hydrogens (tertiary/aromatic N) is 1. The fourth-order valence-corrected chi connectivity index (χ4v) is 3.90. The average Bonchev–Trinajstić information content (AvgIpc) is 2.91. The minimum Gasteiger partial charge on any atom is -0.494 e. The molecule has 0 unspecified atom stereocenters. The number of hydrogen-bond donors (Lipinski definition) is 4. The van der Waals surface area contributed by atoms with Gasteiger partial charge in [0.25, 0.3) is 0 Å². The number of ether oxygens (including phenoxy) is 1. The van der Waals surface area contributed by atoms with Crippen molar-refractivity contribution in [3.05, 3.63) is 83.2 Å².